The monoisotopic (exact) mass is 187 g/mol. The molecule has 69 valence electrons. The van der Waals surface area contributed by atoms with Gasteiger partial charge >= 0.3 is 0 Å². The second kappa shape index (κ2) is 2.94. The van der Waals surface area contributed by atoms with Gasteiger partial charge in [-0.25, -0.2) is 13.2 Å². The van der Waals surface area contributed by atoms with Gasteiger partial charge in [0.05, 0.1) is 12.2 Å². The number of halogens is 3. The summed E-state index contributed by atoms with van der Waals surface area (Å²) in [6, 6.07) is 2.34. The molecule has 1 radical (unpaired) electrons. The van der Waals surface area contributed by atoms with Crippen LogP contribution in [0.1, 0.15) is 12.8 Å². The normalized spacial score (nSPS) is 15.9. The quantitative estimate of drug-likeness (QED) is 0.646. The summed E-state index contributed by atoms with van der Waals surface area (Å²) in [6.45, 7) is 0. The Labute approximate surface area is 73.1 Å². The molecular formula is C9H6F3O. The second-order valence-corrected chi connectivity index (χ2v) is 2.93. The van der Waals surface area contributed by atoms with Gasteiger partial charge in [-0.15, -0.1) is 0 Å². The van der Waals surface area contributed by atoms with Crippen LogP contribution in [-0.4, -0.2) is 6.10 Å². The van der Waals surface area contributed by atoms with E-state index >= 15 is 0 Å². The van der Waals surface area contributed by atoms with E-state index in [9.17, 15) is 13.2 Å². The highest BCUT2D eigenvalue weighted by Crippen LogP contribution is 2.29. The molecule has 1 aromatic rings. The van der Waals surface area contributed by atoms with Crippen molar-refractivity contribution in [3.63, 3.8) is 0 Å². The number of benzene rings is 1. The van der Waals surface area contributed by atoms with Crippen LogP contribution in [0.25, 0.3) is 0 Å². The third-order valence-corrected chi connectivity index (χ3v) is 1.71. The fraction of sp³-hybridized carbons (Fsp3) is 0.333. The molecule has 0 heterocycles. The minimum absolute atomic E-state index is 0.0596. The Balaban J connectivity index is 2.27. The molecule has 0 aliphatic heterocycles. The van der Waals surface area contributed by atoms with Crippen molar-refractivity contribution >= 4 is 0 Å². The van der Waals surface area contributed by atoms with E-state index in [0.717, 1.165) is 12.8 Å². The molecule has 0 atom stereocenters. The molecule has 1 nitrogen and oxygen atoms in total. The zero-order chi connectivity index (χ0) is 9.42. The van der Waals surface area contributed by atoms with E-state index in [1.54, 1.807) is 0 Å². The van der Waals surface area contributed by atoms with Gasteiger partial charge in [-0.2, -0.15) is 0 Å². The number of rotatable bonds is 2. The summed E-state index contributed by atoms with van der Waals surface area (Å²) in [5.74, 6) is -3.70. The molecule has 1 aliphatic carbocycles. The van der Waals surface area contributed by atoms with Crippen molar-refractivity contribution in [1.29, 1.82) is 0 Å². The molecule has 1 saturated carbocycles. The van der Waals surface area contributed by atoms with Crippen LogP contribution < -0.4 is 4.74 Å². The second-order valence-electron chi connectivity index (χ2n) is 2.93. The van der Waals surface area contributed by atoms with Crippen molar-refractivity contribution in [3.05, 3.63) is 29.6 Å². The van der Waals surface area contributed by atoms with Crippen LogP contribution in [0.5, 0.6) is 5.75 Å². The van der Waals surface area contributed by atoms with Crippen molar-refractivity contribution in [3.8, 4) is 5.75 Å². The van der Waals surface area contributed by atoms with E-state index in [1.807, 2.05) is 6.07 Å². The van der Waals surface area contributed by atoms with Gasteiger partial charge in [0, 0.05) is 6.07 Å². The van der Waals surface area contributed by atoms with E-state index in [2.05, 4.69) is 0 Å². The minimum atomic E-state index is -1.25. The molecule has 1 aliphatic rings. The highest BCUT2D eigenvalue weighted by atomic mass is 19.2. The van der Waals surface area contributed by atoms with Gasteiger partial charge in [0.15, 0.2) is 23.2 Å². The van der Waals surface area contributed by atoms with Crippen LogP contribution in [0.15, 0.2) is 6.07 Å². The van der Waals surface area contributed by atoms with E-state index in [0.29, 0.717) is 6.07 Å². The first kappa shape index (κ1) is 8.41. The lowest BCUT2D eigenvalue weighted by Gasteiger charge is -2.04. The van der Waals surface area contributed by atoms with Gasteiger partial charge in [0.25, 0.3) is 0 Å². The molecule has 0 saturated heterocycles. The Kier molecular flexibility index (Phi) is 1.90. The summed E-state index contributed by atoms with van der Waals surface area (Å²) in [6.07, 6.45) is 1.59. The summed E-state index contributed by atoms with van der Waals surface area (Å²) in [4.78, 5) is 0. The molecule has 2 rings (SSSR count). The predicted molar refractivity (Wildman–Crippen MR) is 38.8 cm³/mol. The number of hydrogen-bond acceptors (Lipinski definition) is 1. The van der Waals surface area contributed by atoms with Crippen LogP contribution in [0, 0.1) is 23.5 Å². The minimum Gasteiger partial charge on any atom is -0.487 e. The van der Waals surface area contributed by atoms with Crippen LogP contribution >= 0.6 is 0 Å². The van der Waals surface area contributed by atoms with Gasteiger partial charge in [0.1, 0.15) is 0 Å². The highest BCUT2D eigenvalue weighted by molar-refractivity contribution is 5.25. The SMILES string of the molecule is Fc1[c]c(OC2CC2)c(F)cc1F. The van der Waals surface area contributed by atoms with Crippen molar-refractivity contribution < 1.29 is 17.9 Å². The molecule has 4 heteroatoms. The molecule has 0 amide bonds. The highest BCUT2D eigenvalue weighted by Gasteiger charge is 2.25. The average Bonchev–Trinajstić information content (AvgIpc) is 2.84. The van der Waals surface area contributed by atoms with Gasteiger partial charge in [-0.05, 0) is 12.8 Å². The lowest BCUT2D eigenvalue weighted by Crippen LogP contribution is -2.00. The summed E-state index contributed by atoms with van der Waals surface area (Å²) >= 11 is 0. The van der Waals surface area contributed by atoms with E-state index in [1.165, 1.54) is 0 Å². The van der Waals surface area contributed by atoms with Crippen molar-refractivity contribution in [2.75, 3.05) is 0 Å². The molecule has 1 aromatic carbocycles. The van der Waals surface area contributed by atoms with Crippen LogP contribution in [0.4, 0.5) is 13.2 Å². The predicted octanol–water partition coefficient (Wildman–Crippen LogP) is 2.45. The molecule has 0 spiro atoms. The molecular weight excluding hydrogens is 181 g/mol. The molecule has 0 aromatic heterocycles. The maximum absolute atomic E-state index is 12.9. The summed E-state index contributed by atoms with van der Waals surface area (Å²) in [7, 11) is 0. The lowest BCUT2D eigenvalue weighted by molar-refractivity contribution is 0.283. The van der Waals surface area contributed by atoms with Gasteiger partial charge < -0.3 is 4.74 Å². The van der Waals surface area contributed by atoms with Crippen molar-refractivity contribution in [1.82, 2.24) is 0 Å². The van der Waals surface area contributed by atoms with Crippen molar-refractivity contribution in [2.24, 2.45) is 0 Å². The first-order chi connectivity index (χ1) is 6.16. The Bertz CT molecular complexity index is 334. The maximum Gasteiger partial charge on any atom is 0.170 e. The summed E-state index contributed by atoms with van der Waals surface area (Å²) in [5, 5.41) is 0. The third-order valence-electron chi connectivity index (χ3n) is 1.71. The lowest BCUT2D eigenvalue weighted by atomic mass is 10.3. The summed E-state index contributed by atoms with van der Waals surface area (Å²) < 4.78 is 42.8. The Morgan fingerprint density at radius 1 is 1.23 bits per heavy atom. The Morgan fingerprint density at radius 3 is 2.54 bits per heavy atom. The average molecular weight is 187 g/mol. The zero-order valence-corrected chi connectivity index (χ0v) is 6.61. The summed E-state index contributed by atoms with van der Waals surface area (Å²) in [5.41, 5.74) is 0. The fourth-order valence-electron chi connectivity index (χ4n) is 0.898. The van der Waals surface area contributed by atoms with E-state index in [4.69, 9.17) is 4.74 Å². The standard InChI is InChI=1S/C9H6F3O/c10-6-3-8(12)9(4-7(6)11)13-5-1-2-5/h3,5H,1-2H2. The molecule has 1 fully saturated rings. The topological polar surface area (TPSA) is 9.23 Å². The maximum atomic E-state index is 12.9. The van der Waals surface area contributed by atoms with Crippen LogP contribution in [-0.2, 0) is 0 Å². The number of hydrogen-bond donors (Lipinski definition) is 0. The molecule has 13 heavy (non-hydrogen) atoms. The largest absolute Gasteiger partial charge is 0.487 e. The zero-order valence-electron chi connectivity index (χ0n) is 6.61. The Hall–Kier alpha value is -1.19. The molecule has 0 N–H and O–H groups in total. The van der Waals surface area contributed by atoms with Gasteiger partial charge in [-0.1, -0.05) is 0 Å². The van der Waals surface area contributed by atoms with Crippen molar-refractivity contribution in [2.45, 2.75) is 18.9 Å². The van der Waals surface area contributed by atoms with E-state index < -0.39 is 17.5 Å². The van der Waals surface area contributed by atoms with Crippen LogP contribution in [0.2, 0.25) is 0 Å². The fourth-order valence-corrected chi connectivity index (χ4v) is 0.898. The van der Waals surface area contributed by atoms with Gasteiger partial charge in [-0.3, -0.25) is 0 Å². The smallest absolute Gasteiger partial charge is 0.170 e. The molecule has 0 unspecified atom stereocenters. The third kappa shape index (κ3) is 1.76. The number of ether oxygens (including phenoxy) is 1. The van der Waals surface area contributed by atoms with Gasteiger partial charge in [0.2, 0.25) is 0 Å². The first-order valence-electron chi connectivity index (χ1n) is 3.90. The van der Waals surface area contributed by atoms with E-state index in [-0.39, 0.29) is 11.9 Å². The molecule has 0 bridgehead atoms. The first-order valence-corrected chi connectivity index (χ1v) is 3.90. The van der Waals surface area contributed by atoms with Crippen LogP contribution in [0.3, 0.4) is 0 Å². The Morgan fingerprint density at radius 2 is 1.92 bits per heavy atom.